The number of carbonyl (C=O) groups excluding carboxylic acids is 2. The summed E-state index contributed by atoms with van der Waals surface area (Å²) in [5.41, 5.74) is 5.24. The Labute approximate surface area is 121 Å². The number of amides is 2. The third kappa shape index (κ3) is 3.97. The smallest absolute Gasteiger partial charge is 0.305 e. The van der Waals surface area contributed by atoms with Crippen molar-refractivity contribution in [3.8, 4) is 5.75 Å². The Kier molecular flexibility index (Phi) is 4.76. The van der Waals surface area contributed by atoms with E-state index in [0.29, 0.717) is 5.75 Å². The number of hydrogen-bond donors (Lipinski definition) is 2. The second kappa shape index (κ2) is 6.95. The predicted molar refractivity (Wildman–Crippen MR) is 76.3 cm³/mol. The molecule has 1 aromatic heterocycles. The van der Waals surface area contributed by atoms with Crippen molar-refractivity contribution in [1.82, 2.24) is 10.9 Å². The number of nitrogens with one attached hydrogen (secondary N) is 2. The summed E-state index contributed by atoms with van der Waals surface area (Å²) >= 11 is 0. The van der Waals surface area contributed by atoms with E-state index >= 15 is 0 Å². The summed E-state index contributed by atoms with van der Waals surface area (Å²) in [6, 6.07) is 10.3. The Balaban J connectivity index is 1.90. The first-order valence-corrected chi connectivity index (χ1v) is 6.15. The molecule has 108 valence electrons. The fourth-order valence-corrected chi connectivity index (χ4v) is 1.60. The van der Waals surface area contributed by atoms with Gasteiger partial charge in [0.25, 0.3) is 5.91 Å². The summed E-state index contributed by atoms with van der Waals surface area (Å²) in [5.74, 6) is -0.231. The molecule has 2 amide bonds. The fraction of sp³-hybridized carbons (Fsp3) is 0.0667. The van der Waals surface area contributed by atoms with Crippen LogP contribution >= 0.6 is 0 Å². The number of para-hydroxylation sites is 1. The first-order chi connectivity index (χ1) is 10.2. The Morgan fingerprint density at radius 1 is 1.14 bits per heavy atom. The number of hydrazine groups is 1. The van der Waals surface area contributed by atoms with Gasteiger partial charge in [0, 0.05) is 11.6 Å². The first-order valence-electron chi connectivity index (χ1n) is 6.15. The molecule has 0 radical (unpaired) electrons. The molecule has 0 atom stereocenters. The van der Waals surface area contributed by atoms with E-state index in [1.807, 2.05) is 18.2 Å². The molecular formula is C15H14N2O4. The lowest BCUT2D eigenvalue weighted by Crippen LogP contribution is -2.40. The molecule has 0 unspecified atom stereocenters. The molecule has 0 spiro atoms. The molecular weight excluding hydrogens is 272 g/mol. The standard InChI is InChI=1S/C15H14N2O4/c1-20-12-6-3-2-5-11(12)8-9-14(18)16-17-15(19)13-7-4-10-21-13/h2-10H,1H3,(H,16,18)(H,17,19)/b9-8+. The molecule has 1 aromatic carbocycles. The van der Waals surface area contributed by atoms with Crippen molar-refractivity contribution in [2.75, 3.05) is 7.11 Å². The number of furan rings is 1. The number of hydrogen-bond acceptors (Lipinski definition) is 4. The van der Waals surface area contributed by atoms with E-state index in [1.54, 1.807) is 25.3 Å². The van der Waals surface area contributed by atoms with E-state index in [4.69, 9.17) is 9.15 Å². The molecule has 1 heterocycles. The lowest BCUT2D eigenvalue weighted by atomic mass is 10.2. The van der Waals surface area contributed by atoms with E-state index < -0.39 is 11.8 Å². The van der Waals surface area contributed by atoms with Gasteiger partial charge < -0.3 is 9.15 Å². The van der Waals surface area contributed by atoms with Crippen molar-refractivity contribution in [2.24, 2.45) is 0 Å². The van der Waals surface area contributed by atoms with Crippen LogP contribution in [0.5, 0.6) is 5.75 Å². The molecule has 0 saturated carbocycles. The normalized spacial score (nSPS) is 10.3. The van der Waals surface area contributed by atoms with Crippen LogP contribution in [0.4, 0.5) is 0 Å². The molecule has 2 rings (SSSR count). The molecule has 6 nitrogen and oxygen atoms in total. The van der Waals surface area contributed by atoms with Crippen molar-refractivity contribution < 1.29 is 18.7 Å². The highest BCUT2D eigenvalue weighted by atomic mass is 16.5. The van der Waals surface area contributed by atoms with E-state index in [0.717, 1.165) is 5.56 Å². The van der Waals surface area contributed by atoms with Gasteiger partial charge in [0.1, 0.15) is 5.75 Å². The number of carbonyl (C=O) groups is 2. The number of benzene rings is 1. The van der Waals surface area contributed by atoms with Crippen LogP contribution in [0.2, 0.25) is 0 Å². The van der Waals surface area contributed by atoms with Gasteiger partial charge in [-0.2, -0.15) is 0 Å². The van der Waals surface area contributed by atoms with Crippen LogP contribution in [0.15, 0.2) is 53.2 Å². The molecule has 21 heavy (non-hydrogen) atoms. The maximum Gasteiger partial charge on any atom is 0.305 e. The SMILES string of the molecule is COc1ccccc1/C=C/C(=O)NNC(=O)c1ccco1. The molecule has 0 saturated heterocycles. The minimum absolute atomic E-state index is 0.115. The van der Waals surface area contributed by atoms with Gasteiger partial charge in [-0.15, -0.1) is 0 Å². The monoisotopic (exact) mass is 286 g/mol. The summed E-state index contributed by atoms with van der Waals surface area (Å²) < 4.78 is 10.0. The highest BCUT2D eigenvalue weighted by Crippen LogP contribution is 2.18. The second-order valence-corrected chi connectivity index (χ2v) is 4.00. The highest BCUT2D eigenvalue weighted by Gasteiger charge is 2.08. The Bertz CT molecular complexity index is 647. The molecule has 0 aliphatic carbocycles. The minimum atomic E-state index is -0.529. The van der Waals surface area contributed by atoms with Crippen LogP contribution in [0.1, 0.15) is 16.1 Å². The largest absolute Gasteiger partial charge is 0.496 e. The fourth-order valence-electron chi connectivity index (χ4n) is 1.60. The van der Waals surface area contributed by atoms with Gasteiger partial charge in [0.15, 0.2) is 5.76 Å². The first kappa shape index (κ1) is 14.4. The van der Waals surface area contributed by atoms with E-state index in [-0.39, 0.29) is 5.76 Å². The van der Waals surface area contributed by atoms with Crippen molar-refractivity contribution in [3.05, 3.63) is 60.1 Å². The third-order valence-corrected chi connectivity index (χ3v) is 2.60. The van der Waals surface area contributed by atoms with E-state index in [9.17, 15) is 9.59 Å². The molecule has 2 N–H and O–H groups in total. The van der Waals surface area contributed by atoms with Crippen LogP contribution in [0, 0.1) is 0 Å². The second-order valence-electron chi connectivity index (χ2n) is 4.00. The maximum atomic E-state index is 11.6. The number of rotatable bonds is 4. The van der Waals surface area contributed by atoms with Gasteiger partial charge in [0.2, 0.25) is 0 Å². The van der Waals surface area contributed by atoms with Crippen molar-refractivity contribution in [2.45, 2.75) is 0 Å². The van der Waals surface area contributed by atoms with Gasteiger partial charge in [-0.25, -0.2) is 0 Å². The summed E-state index contributed by atoms with van der Waals surface area (Å²) in [6.45, 7) is 0. The maximum absolute atomic E-state index is 11.6. The molecule has 6 heteroatoms. The average molecular weight is 286 g/mol. The van der Waals surface area contributed by atoms with Gasteiger partial charge >= 0.3 is 5.91 Å². The molecule has 0 fully saturated rings. The van der Waals surface area contributed by atoms with Crippen LogP contribution in [-0.4, -0.2) is 18.9 Å². The average Bonchev–Trinajstić information content (AvgIpc) is 3.05. The van der Waals surface area contributed by atoms with Crippen LogP contribution < -0.4 is 15.6 Å². The Morgan fingerprint density at radius 3 is 2.67 bits per heavy atom. The van der Waals surface area contributed by atoms with Gasteiger partial charge in [-0.05, 0) is 24.3 Å². The highest BCUT2D eigenvalue weighted by molar-refractivity contribution is 5.96. The van der Waals surface area contributed by atoms with Crippen molar-refractivity contribution in [3.63, 3.8) is 0 Å². The van der Waals surface area contributed by atoms with E-state index in [1.165, 1.54) is 18.4 Å². The lowest BCUT2D eigenvalue weighted by molar-refractivity contribution is -0.117. The Morgan fingerprint density at radius 2 is 1.95 bits per heavy atom. The van der Waals surface area contributed by atoms with Crippen LogP contribution in [0.25, 0.3) is 6.08 Å². The Hall–Kier alpha value is -3.02. The molecule has 2 aromatic rings. The zero-order valence-corrected chi connectivity index (χ0v) is 11.3. The predicted octanol–water partition coefficient (Wildman–Crippen LogP) is 1.76. The summed E-state index contributed by atoms with van der Waals surface area (Å²) in [6.07, 6.45) is 4.26. The van der Waals surface area contributed by atoms with Crippen LogP contribution in [0.3, 0.4) is 0 Å². The number of methoxy groups -OCH3 is 1. The van der Waals surface area contributed by atoms with E-state index in [2.05, 4.69) is 10.9 Å². The van der Waals surface area contributed by atoms with Crippen molar-refractivity contribution >= 4 is 17.9 Å². The summed E-state index contributed by atoms with van der Waals surface area (Å²) in [4.78, 5) is 23.1. The molecule has 0 aliphatic rings. The van der Waals surface area contributed by atoms with Crippen molar-refractivity contribution in [1.29, 1.82) is 0 Å². The quantitative estimate of drug-likeness (QED) is 0.663. The molecule has 0 aliphatic heterocycles. The van der Waals surface area contributed by atoms with Gasteiger partial charge in [-0.3, -0.25) is 20.4 Å². The zero-order chi connectivity index (χ0) is 15.1. The summed E-state index contributed by atoms with van der Waals surface area (Å²) in [7, 11) is 1.55. The number of ether oxygens (including phenoxy) is 1. The van der Waals surface area contributed by atoms with Crippen LogP contribution in [-0.2, 0) is 4.79 Å². The van der Waals surface area contributed by atoms with Gasteiger partial charge in [0.05, 0.1) is 13.4 Å². The minimum Gasteiger partial charge on any atom is -0.496 e. The lowest BCUT2D eigenvalue weighted by Gasteiger charge is -2.04. The summed E-state index contributed by atoms with van der Waals surface area (Å²) in [5, 5.41) is 0. The third-order valence-electron chi connectivity index (χ3n) is 2.60. The topological polar surface area (TPSA) is 80.6 Å². The zero-order valence-electron chi connectivity index (χ0n) is 11.3. The van der Waals surface area contributed by atoms with Gasteiger partial charge in [-0.1, -0.05) is 18.2 Å². The molecule has 0 bridgehead atoms.